The van der Waals surface area contributed by atoms with Gasteiger partial charge in [0.25, 0.3) is 0 Å². The van der Waals surface area contributed by atoms with Gasteiger partial charge in [-0.2, -0.15) is 0 Å². The maximum absolute atomic E-state index is 13.0. The van der Waals surface area contributed by atoms with Gasteiger partial charge < -0.3 is 5.32 Å². The standard InChI is InChI=1S/C20H15FN2OS/c21-15-11-9-14(10-12-15)13-22-20(24)23-16-5-1-3-7-18(16)25-19-8-4-2-6-17(19)23/h1-12H,13H2,(H,22,24). The first-order valence-corrected chi connectivity index (χ1v) is 8.72. The number of fused-ring (bicyclic) bond motifs is 2. The van der Waals surface area contributed by atoms with Crippen molar-refractivity contribution in [3.63, 3.8) is 0 Å². The molecule has 1 aliphatic rings. The van der Waals surface area contributed by atoms with Gasteiger partial charge in [-0.25, -0.2) is 9.18 Å². The predicted molar refractivity (Wildman–Crippen MR) is 97.8 cm³/mol. The fraction of sp³-hybridized carbons (Fsp3) is 0.0500. The molecule has 1 N–H and O–H groups in total. The Morgan fingerprint density at radius 3 is 2.04 bits per heavy atom. The van der Waals surface area contributed by atoms with E-state index in [0.717, 1.165) is 26.7 Å². The van der Waals surface area contributed by atoms with Crippen molar-refractivity contribution in [1.29, 1.82) is 0 Å². The van der Waals surface area contributed by atoms with Gasteiger partial charge in [0, 0.05) is 16.3 Å². The third-order valence-corrected chi connectivity index (χ3v) is 5.12. The van der Waals surface area contributed by atoms with Crippen molar-refractivity contribution in [3.05, 3.63) is 84.2 Å². The molecule has 3 aromatic rings. The number of para-hydroxylation sites is 2. The lowest BCUT2D eigenvalue weighted by Crippen LogP contribution is -2.37. The van der Waals surface area contributed by atoms with Crippen molar-refractivity contribution in [2.24, 2.45) is 0 Å². The van der Waals surface area contributed by atoms with Crippen LogP contribution in [0.5, 0.6) is 0 Å². The van der Waals surface area contributed by atoms with E-state index in [1.165, 1.54) is 12.1 Å². The van der Waals surface area contributed by atoms with Gasteiger partial charge in [0.15, 0.2) is 0 Å². The SMILES string of the molecule is O=C(NCc1ccc(F)cc1)N1c2ccccc2Sc2ccccc21. The summed E-state index contributed by atoms with van der Waals surface area (Å²) < 4.78 is 13.0. The Balaban J connectivity index is 1.62. The molecule has 2 amide bonds. The minimum atomic E-state index is -0.286. The van der Waals surface area contributed by atoms with Crippen LogP contribution >= 0.6 is 11.8 Å². The first kappa shape index (κ1) is 15.7. The van der Waals surface area contributed by atoms with E-state index in [0.29, 0.717) is 6.54 Å². The summed E-state index contributed by atoms with van der Waals surface area (Å²) in [5, 5.41) is 2.93. The van der Waals surface area contributed by atoms with Gasteiger partial charge in [-0.15, -0.1) is 0 Å². The van der Waals surface area contributed by atoms with Crippen LogP contribution in [0, 0.1) is 5.82 Å². The number of carbonyl (C=O) groups excluding carboxylic acids is 1. The molecule has 5 heteroatoms. The monoisotopic (exact) mass is 350 g/mol. The van der Waals surface area contributed by atoms with Crippen LogP contribution < -0.4 is 10.2 Å². The van der Waals surface area contributed by atoms with Crippen molar-refractivity contribution in [2.75, 3.05) is 4.90 Å². The molecule has 124 valence electrons. The number of halogens is 1. The number of benzene rings is 3. The third-order valence-electron chi connectivity index (χ3n) is 3.99. The molecular weight excluding hydrogens is 335 g/mol. The van der Waals surface area contributed by atoms with Gasteiger partial charge in [0.1, 0.15) is 5.82 Å². The summed E-state index contributed by atoms with van der Waals surface area (Å²) in [4.78, 5) is 16.7. The van der Waals surface area contributed by atoms with Gasteiger partial charge in [0.2, 0.25) is 0 Å². The highest BCUT2D eigenvalue weighted by atomic mass is 32.2. The Hall–Kier alpha value is -2.79. The van der Waals surface area contributed by atoms with E-state index in [1.807, 2.05) is 48.5 Å². The van der Waals surface area contributed by atoms with Crippen molar-refractivity contribution < 1.29 is 9.18 Å². The van der Waals surface area contributed by atoms with Crippen molar-refractivity contribution in [3.8, 4) is 0 Å². The molecule has 0 unspecified atom stereocenters. The molecule has 3 aromatic carbocycles. The van der Waals surface area contributed by atoms with E-state index < -0.39 is 0 Å². The number of nitrogens with one attached hydrogen (secondary N) is 1. The second-order valence-electron chi connectivity index (χ2n) is 5.66. The van der Waals surface area contributed by atoms with E-state index >= 15 is 0 Å². The number of carbonyl (C=O) groups is 1. The number of anilines is 2. The average Bonchev–Trinajstić information content (AvgIpc) is 2.65. The topological polar surface area (TPSA) is 32.3 Å². The van der Waals surface area contributed by atoms with Gasteiger partial charge in [-0.1, -0.05) is 48.2 Å². The molecular formula is C20H15FN2OS. The van der Waals surface area contributed by atoms with Crippen LogP contribution in [0.25, 0.3) is 0 Å². The number of amides is 2. The molecule has 1 aliphatic heterocycles. The predicted octanol–water partition coefficient (Wildman–Crippen LogP) is 5.34. The molecule has 0 radical (unpaired) electrons. The summed E-state index contributed by atoms with van der Waals surface area (Å²) >= 11 is 1.66. The zero-order valence-corrected chi connectivity index (χ0v) is 14.1. The van der Waals surface area contributed by atoms with Crippen LogP contribution in [0.15, 0.2) is 82.6 Å². The molecule has 0 aromatic heterocycles. The van der Waals surface area contributed by atoms with E-state index in [-0.39, 0.29) is 11.8 Å². The van der Waals surface area contributed by atoms with E-state index in [4.69, 9.17) is 0 Å². The smallest absolute Gasteiger partial charge is 0.326 e. The highest BCUT2D eigenvalue weighted by Gasteiger charge is 2.27. The van der Waals surface area contributed by atoms with Crippen molar-refractivity contribution >= 4 is 29.2 Å². The Morgan fingerprint density at radius 1 is 0.880 bits per heavy atom. The molecule has 0 aliphatic carbocycles. The minimum absolute atomic E-state index is 0.204. The Labute approximate surface area is 149 Å². The summed E-state index contributed by atoms with van der Waals surface area (Å²) in [6, 6.07) is 21.6. The van der Waals surface area contributed by atoms with E-state index in [9.17, 15) is 9.18 Å². The fourth-order valence-electron chi connectivity index (χ4n) is 2.78. The molecule has 25 heavy (non-hydrogen) atoms. The molecule has 1 heterocycles. The van der Waals surface area contributed by atoms with Crippen LogP contribution in [-0.4, -0.2) is 6.03 Å². The summed E-state index contributed by atoms with van der Waals surface area (Å²) in [6.45, 7) is 0.340. The van der Waals surface area contributed by atoms with Gasteiger partial charge in [-0.3, -0.25) is 4.90 Å². The number of urea groups is 1. The molecule has 0 spiro atoms. The Bertz CT molecular complexity index is 881. The molecule has 3 nitrogen and oxygen atoms in total. The molecule has 0 saturated carbocycles. The van der Waals surface area contributed by atoms with Gasteiger partial charge >= 0.3 is 6.03 Å². The average molecular weight is 350 g/mol. The molecule has 4 rings (SSSR count). The van der Waals surface area contributed by atoms with Crippen LogP contribution in [0.3, 0.4) is 0 Å². The maximum atomic E-state index is 13.0. The molecule has 0 fully saturated rings. The first-order valence-electron chi connectivity index (χ1n) is 7.91. The highest BCUT2D eigenvalue weighted by molar-refractivity contribution is 7.99. The van der Waals surface area contributed by atoms with Crippen LogP contribution in [0.4, 0.5) is 20.6 Å². The summed E-state index contributed by atoms with van der Waals surface area (Å²) in [5.41, 5.74) is 2.58. The first-order chi connectivity index (χ1) is 12.2. The van der Waals surface area contributed by atoms with Crippen LogP contribution in [0.2, 0.25) is 0 Å². The summed E-state index contributed by atoms with van der Waals surface area (Å²) in [5.74, 6) is -0.286. The van der Waals surface area contributed by atoms with Crippen LogP contribution in [-0.2, 0) is 6.54 Å². The minimum Gasteiger partial charge on any atom is -0.333 e. The van der Waals surface area contributed by atoms with Gasteiger partial charge in [0.05, 0.1) is 11.4 Å². The second-order valence-corrected chi connectivity index (χ2v) is 6.74. The van der Waals surface area contributed by atoms with Crippen LogP contribution in [0.1, 0.15) is 5.56 Å². The quantitative estimate of drug-likeness (QED) is 0.677. The van der Waals surface area contributed by atoms with E-state index in [2.05, 4.69) is 5.32 Å². The lowest BCUT2D eigenvalue weighted by atomic mass is 10.2. The number of hydrogen-bond acceptors (Lipinski definition) is 2. The lowest BCUT2D eigenvalue weighted by molar-refractivity contribution is 0.248. The summed E-state index contributed by atoms with van der Waals surface area (Å²) in [6.07, 6.45) is 0. The number of nitrogens with zero attached hydrogens (tertiary/aromatic N) is 1. The normalized spacial score (nSPS) is 12.3. The summed E-state index contributed by atoms with van der Waals surface area (Å²) in [7, 11) is 0. The zero-order valence-electron chi connectivity index (χ0n) is 13.3. The third kappa shape index (κ3) is 3.10. The Morgan fingerprint density at radius 2 is 1.44 bits per heavy atom. The molecule has 0 atom stereocenters. The Kier molecular flexibility index (Phi) is 4.15. The van der Waals surface area contributed by atoms with Crippen molar-refractivity contribution in [2.45, 2.75) is 16.3 Å². The number of hydrogen-bond donors (Lipinski definition) is 1. The second kappa shape index (κ2) is 6.61. The highest BCUT2D eigenvalue weighted by Crippen LogP contribution is 2.47. The number of rotatable bonds is 2. The van der Waals surface area contributed by atoms with Gasteiger partial charge in [-0.05, 0) is 42.0 Å². The zero-order chi connectivity index (χ0) is 17.2. The van der Waals surface area contributed by atoms with E-state index in [1.54, 1.807) is 28.8 Å². The lowest BCUT2D eigenvalue weighted by Gasteiger charge is -2.31. The fourth-order valence-corrected chi connectivity index (χ4v) is 3.84. The maximum Gasteiger partial charge on any atom is 0.326 e. The van der Waals surface area contributed by atoms with Crippen molar-refractivity contribution in [1.82, 2.24) is 5.32 Å². The molecule has 0 bridgehead atoms. The molecule has 0 saturated heterocycles. The largest absolute Gasteiger partial charge is 0.333 e.